The third kappa shape index (κ3) is 4.26. The Bertz CT molecular complexity index is 293. The number of carbonyl (C=O) groups is 1. The second-order valence-corrected chi connectivity index (χ2v) is 5.11. The number of amides is 1. The van der Waals surface area contributed by atoms with E-state index >= 15 is 0 Å². The van der Waals surface area contributed by atoms with E-state index in [1.165, 1.54) is 6.26 Å². The minimum atomic E-state index is -0.293. The Balaban J connectivity index is 2.60. The summed E-state index contributed by atoms with van der Waals surface area (Å²) in [4.78, 5) is 11.9. The first-order valence-electron chi connectivity index (χ1n) is 5.81. The van der Waals surface area contributed by atoms with Gasteiger partial charge >= 0.3 is 0 Å². The van der Waals surface area contributed by atoms with E-state index in [1.807, 2.05) is 20.8 Å². The molecule has 98 valence electrons. The van der Waals surface area contributed by atoms with E-state index in [0.29, 0.717) is 19.6 Å². The summed E-state index contributed by atoms with van der Waals surface area (Å²) in [5, 5.41) is 11.9. The van der Waals surface area contributed by atoms with Crippen molar-refractivity contribution in [3.8, 4) is 0 Å². The highest BCUT2D eigenvalue weighted by molar-refractivity contribution is 5.91. The first-order valence-corrected chi connectivity index (χ1v) is 5.81. The first-order chi connectivity index (χ1) is 7.95. The molecule has 0 aromatic heterocycles. The summed E-state index contributed by atoms with van der Waals surface area (Å²) in [5.74, 6) is -0.0958. The van der Waals surface area contributed by atoms with Crippen LogP contribution < -0.4 is 5.32 Å². The van der Waals surface area contributed by atoms with Gasteiger partial charge in [-0.15, -0.1) is 0 Å². The summed E-state index contributed by atoms with van der Waals surface area (Å²) >= 11 is 0. The van der Waals surface area contributed by atoms with Crippen LogP contribution in [-0.2, 0) is 14.3 Å². The fourth-order valence-electron chi connectivity index (χ4n) is 1.57. The topological polar surface area (TPSA) is 67.8 Å². The Morgan fingerprint density at radius 1 is 1.53 bits per heavy atom. The van der Waals surface area contributed by atoms with Gasteiger partial charge in [-0.05, 0) is 11.8 Å². The quantitative estimate of drug-likeness (QED) is 0.766. The van der Waals surface area contributed by atoms with Crippen LogP contribution in [0.2, 0.25) is 0 Å². The van der Waals surface area contributed by atoms with Gasteiger partial charge in [-0.2, -0.15) is 0 Å². The van der Waals surface area contributed by atoms with Crippen molar-refractivity contribution in [3.05, 3.63) is 12.0 Å². The molecule has 1 amide bonds. The Labute approximate surface area is 102 Å². The molecule has 1 aliphatic rings. The van der Waals surface area contributed by atoms with Gasteiger partial charge in [0.25, 0.3) is 5.91 Å². The molecule has 0 saturated carbocycles. The van der Waals surface area contributed by atoms with Crippen molar-refractivity contribution in [1.82, 2.24) is 5.32 Å². The molecule has 1 rings (SSSR count). The molecule has 0 aromatic rings. The lowest BCUT2D eigenvalue weighted by molar-refractivity contribution is -0.123. The second kappa shape index (κ2) is 5.91. The van der Waals surface area contributed by atoms with Gasteiger partial charge in [-0.25, -0.2) is 0 Å². The van der Waals surface area contributed by atoms with Gasteiger partial charge in [0.05, 0.1) is 0 Å². The minimum absolute atomic E-state index is 0.0403. The summed E-state index contributed by atoms with van der Waals surface area (Å²) in [6, 6.07) is -0.105. The van der Waals surface area contributed by atoms with Crippen molar-refractivity contribution < 1.29 is 19.4 Å². The van der Waals surface area contributed by atoms with Crippen LogP contribution in [0.3, 0.4) is 0 Å². The summed E-state index contributed by atoms with van der Waals surface area (Å²) in [6.45, 7) is 6.94. The molecule has 5 nitrogen and oxygen atoms in total. The predicted molar refractivity (Wildman–Crippen MR) is 63.1 cm³/mol. The SMILES string of the molecule is CC(C)(C)C(CCO)NC(=O)C1=COCCO1. The molecule has 0 aliphatic carbocycles. The summed E-state index contributed by atoms with van der Waals surface area (Å²) in [6.07, 6.45) is 1.85. The maximum Gasteiger partial charge on any atom is 0.289 e. The van der Waals surface area contributed by atoms with Crippen molar-refractivity contribution in [2.45, 2.75) is 33.2 Å². The van der Waals surface area contributed by atoms with Gasteiger partial charge in [0.2, 0.25) is 5.76 Å². The van der Waals surface area contributed by atoms with E-state index in [2.05, 4.69) is 5.32 Å². The zero-order valence-corrected chi connectivity index (χ0v) is 10.7. The zero-order chi connectivity index (χ0) is 12.9. The van der Waals surface area contributed by atoms with Crippen molar-refractivity contribution in [1.29, 1.82) is 0 Å². The van der Waals surface area contributed by atoms with E-state index in [0.717, 1.165) is 0 Å². The van der Waals surface area contributed by atoms with Gasteiger partial charge in [0.15, 0.2) is 0 Å². The van der Waals surface area contributed by atoms with Crippen molar-refractivity contribution >= 4 is 5.91 Å². The van der Waals surface area contributed by atoms with Gasteiger partial charge in [-0.3, -0.25) is 4.79 Å². The number of nitrogens with one attached hydrogen (secondary N) is 1. The molecule has 0 radical (unpaired) electrons. The number of aliphatic hydroxyl groups excluding tert-OH is 1. The molecule has 0 aromatic carbocycles. The van der Waals surface area contributed by atoms with E-state index in [9.17, 15) is 4.79 Å². The molecular weight excluding hydrogens is 222 g/mol. The van der Waals surface area contributed by atoms with E-state index < -0.39 is 0 Å². The number of ether oxygens (including phenoxy) is 2. The third-order valence-electron chi connectivity index (χ3n) is 2.64. The molecule has 17 heavy (non-hydrogen) atoms. The van der Waals surface area contributed by atoms with Gasteiger partial charge in [0, 0.05) is 12.6 Å². The smallest absolute Gasteiger partial charge is 0.289 e. The van der Waals surface area contributed by atoms with Crippen molar-refractivity contribution in [2.75, 3.05) is 19.8 Å². The van der Waals surface area contributed by atoms with Gasteiger partial charge < -0.3 is 19.9 Å². The number of hydrogen-bond acceptors (Lipinski definition) is 4. The molecule has 0 fully saturated rings. The fraction of sp³-hybridized carbons (Fsp3) is 0.750. The highest BCUT2D eigenvalue weighted by atomic mass is 16.6. The van der Waals surface area contributed by atoms with Crippen molar-refractivity contribution in [2.24, 2.45) is 5.41 Å². The van der Waals surface area contributed by atoms with Crippen molar-refractivity contribution in [3.63, 3.8) is 0 Å². The fourth-order valence-corrected chi connectivity index (χ4v) is 1.57. The molecule has 0 spiro atoms. The number of aliphatic hydroxyl groups is 1. The molecule has 1 heterocycles. The van der Waals surface area contributed by atoms with E-state index in [-0.39, 0.29) is 29.7 Å². The van der Waals surface area contributed by atoms with Crippen LogP contribution in [0.1, 0.15) is 27.2 Å². The average molecular weight is 243 g/mol. The molecule has 0 bridgehead atoms. The molecule has 1 aliphatic heterocycles. The lowest BCUT2D eigenvalue weighted by Crippen LogP contribution is -2.45. The van der Waals surface area contributed by atoms with Crippen LogP contribution in [-0.4, -0.2) is 36.9 Å². The van der Waals surface area contributed by atoms with Crippen LogP contribution in [0.4, 0.5) is 0 Å². The molecule has 1 atom stereocenters. The molecular formula is C12H21NO4. The van der Waals surface area contributed by atoms with Crippen LogP contribution in [0, 0.1) is 5.41 Å². The molecule has 0 saturated heterocycles. The first kappa shape index (κ1) is 13.8. The van der Waals surface area contributed by atoms with E-state index in [4.69, 9.17) is 14.6 Å². The third-order valence-corrected chi connectivity index (χ3v) is 2.64. The Morgan fingerprint density at radius 2 is 2.24 bits per heavy atom. The Morgan fingerprint density at radius 3 is 2.71 bits per heavy atom. The molecule has 5 heteroatoms. The largest absolute Gasteiger partial charge is 0.494 e. The van der Waals surface area contributed by atoms with E-state index in [1.54, 1.807) is 0 Å². The van der Waals surface area contributed by atoms with Crippen LogP contribution in [0.25, 0.3) is 0 Å². The normalized spacial score (nSPS) is 17.5. The highest BCUT2D eigenvalue weighted by Gasteiger charge is 2.27. The molecule has 2 N–H and O–H groups in total. The maximum absolute atomic E-state index is 11.9. The maximum atomic E-state index is 11.9. The second-order valence-electron chi connectivity index (χ2n) is 5.11. The van der Waals surface area contributed by atoms with Gasteiger partial charge in [-0.1, -0.05) is 20.8 Å². The number of rotatable bonds is 4. The lowest BCUT2D eigenvalue weighted by atomic mass is 9.85. The summed E-state index contributed by atoms with van der Waals surface area (Å²) < 4.78 is 10.2. The van der Waals surface area contributed by atoms with Gasteiger partial charge in [0.1, 0.15) is 19.5 Å². The Hall–Kier alpha value is -1.23. The Kier molecular flexibility index (Phi) is 4.81. The zero-order valence-electron chi connectivity index (χ0n) is 10.7. The average Bonchev–Trinajstić information content (AvgIpc) is 2.28. The predicted octanol–water partition coefficient (Wildman–Crippen LogP) is 0.788. The van der Waals surface area contributed by atoms with Crippen LogP contribution in [0.5, 0.6) is 0 Å². The molecule has 1 unspecified atom stereocenters. The monoisotopic (exact) mass is 243 g/mol. The standard InChI is InChI=1S/C12H21NO4/c1-12(2,3)10(4-5-14)13-11(15)9-8-16-6-7-17-9/h8,10,14H,4-7H2,1-3H3,(H,13,15). The van der Waals surface area contributed by atoms with Crippen LogP contribution >= 0.6 is 0 Å². The van der Waals surface area contributed by atoms with Crippen LogP contribution in [0.15, 0.2) is 12.0 Å². The lowest BCUT2D eigenvalue weighted by Gasteiger charge is -2.31. The number of hydrogen-bond donors (Lipinski definition) is 2. The highest BCUT2D eigenvalue weighted by Crippen LogP contribution is 2.22. The summed E-state index contributed by atoms with van der Waals surface area (Å²) in [5.41, 5.74) is -0.117. The summed E-state index contributed by atoms with van der Waals surface area (Å²) in [7, 11) is 0. The number of carbonyl (C=O) groups excluding carboxylic acids is 1. The minimum Gasteiger partial charge on any atom is -0.494 e.